The van der Waals surface area contributed by atoms with Crippen molar-refractivity contribution in [3.8, 4) is 11.5 Å². The number of benzene rings is 2. The molecule has 0 fully saturated rings. The van der Waals surface area contributed by atoms with Crippen LogP contribution in [0.2, 0.25) is 0 Å². The number of anilines is 2. The normalized spacial score (nSPS) is 12.8. The van der Waals surface area contributed by atoms with Crippen LogP contribution in [0.3, 0.4) is 0 Å². The topological polar surface area (TPSA) is 89.5 Å². The summed E-state index contributed by atoms with van der Waals surface area (Å²) in [5, 5.41) is 6.73. The van der Waals surface area contributed by atoms with Crippen molar-refractivity contribution in [2.75, 3.05) is 19.5 Å². The standard InChI is InChI=1S/C26H25N3O4/c1-16(17-11-13-27-14-12-17)28-22(18-7-9-21(32-2)10-8-18)19-5-4-6-20(15-19)29-23-24(30)25(31)26(23)33-3/h4-16,22,28-29H,1-3H3. The van der Waals surface area contributed by atoms with Gasteiger partial charge in [-0.3, -0.25) is 19.9 Å². The lowest BCUT2D eigenvalue weighted by molar-refractivity contribution is 0.408. The van der Waals surface area contributed by atoms with Crippen molar-refractivity contribution in [2.45, 2.75) is 19.0 Å². The van der Waals surface area contributed by atoms with Crippen LogP contribution in [0.5, 0.6) is 11.5 Å². The Kier molecular flexibility index (Phi) is 6.51. The monoisotopic (exact) mass is 443 g/mol. The maximum absolute atomic E-state index is 12.0. The van der Waals surface area contributed by atoms with E-state index in [1.807, 2.05) is 60.7 Å². The summed E-state index contributed by atoms with van der Waals surface area (Å²) in [6.07, 6.45) is 3.55. The highest BCUT2D eigenvalue weighted by molar-refractivity contribution is 5.70. The largest absolute Gasteiger partial charge is 0.497 e. The molecule has 4 aromatic rings. The Morgan fingerprint density at radius 3 is 2.21 bits per heavy atom. The molecule has 0 bridgehead atoms. The molecule has 0 saturated carbocycles. The van der Waals surface area contributed by atoms with E-state index in [1.165, 1.54) is 7.11 Å². The van der Waals surface area contributed by atoms with Crippen LogP contribution in [0.15, 0.2) is 82.6 Å². The van der Waals surface area contributed by atoms with Crippen LogP contribution >= 0.6 is 0 Å². The summed E-state index contributed by atoms with van der Waals surface area (Å²) >= 11 is 0. The van der Waals surface area contributed by atoms with Crippen LogP contribution in [-0.2, 0) is 0 Å². The van der Waals surface area contributed by atoms with E-state index in [0.29, 0.717) is 5.69 Å². The van der Waals surface area contributed by atoms with Crippen molar-refractivity contribution >= 4 is 11.4 Å². The molecule has 2 N–H and O–H groups in total. The highest BCUT2D eigenvalue weighted by atomic mass is 16.5. The van der Waals surface area contributed by atoms with Gasteiger partial charge in [0.25, 0.3) is 10.9 Å². The number of nitrogens with zero attached hydrogens (tertiary/aromatic N) is 1. The summed E-state index contributed by atoms with van der Waals surface area (Å²) in [6, 6.07) is 19.5. The van der Waals surface area contributed by atoms with E-state index in [4.69, 9.17) is 9.47 Å². The van der Waals surface area contributed by atoms with Crippen molar-refractivity contribution in [1.82, 2.24) is 10.3 Å². The lowest BCUT2D eigenvalue weighted by Gasteiger charge is -2.25. The first-order valence-electron chi connectivity index (χ1n) is 10.6. The van der Waals surface area contributed by atoms with E-state index < -0.39 is 10.9 Å². The van der Waals surface area contributed by atoms with Crippen molar-refractivity contribution in [2.24, 2.45) is 0 Å². The molecule has 33 heavy (non-hydrogen) atoms. The molecule has 7 nitrogen and oxygen atoms in total. The first kappa shape index (κ1) is 22.2. The molecule has 0 spiro atoms. The molecular formula is C26H25N3O4. The number of methoxy groups -OCH3 is 2. The minimum Gasteiger partial charge on any atom is -0.497 e. The molecule has 1 heterocycles. The Hall–Kier alpha value is -3.97. The summed E-state index contributed by atoms with van der Waals surface area (Å²) in [5.74, 6) is 0.837. The van der Waals surface area contributed by atoms with Gasteiger partial charge in [0, 0.05) is 24.1 Å². The predicted molar refractivity (Wildman–Crippen MR) is 128 cm³/mol. The van der Waals surface area contributed by atoms with Crippen molar-refractivity contribution in [1.29, 1.82) is 0 Å². The van der Waals surface area contributed by atoms with Crippen LogP contribution in [0.25, 0.3) is 0 Å². The van der Waals surface area contributed by atoms with Gasteiger partial charge in [0.05, 0.1) is 20.3 Å². The molecule has 0 radical (unpaired) electrons. The van der Waals surface area contributed by atoms with Gasteiger partial charge in [0.15, 0.2) is 5.75 Å². The van der Waals surface area contributed by atoms with Crippen LogP contribution in [0, 0.1) is 0 Å². The van der Waals surface area contributed by atoms with Crippen molar-refractivity contribution < 1.29 is 9.47 Å². The van der Waals surface area contributed by atoms with Gasteiger partial charge in [-0.1, -0.05) is 24.3 Å². The molecule has 168 valence electrons. The van der Waals surface area contributed by atoms with Gasteiger partial charge in [-0.25, -0.2) is 0 Å². The summed E-state index contributed by atoms with van der Waals surface area (Å²) < 4.78 is 10.4. The zero-order valence-electron chi connectivity index (χ0n) is 18.7. The summed E-state index contributed by atoms with van der Waals surface area (Å²) in [4.78, 5) is 27.7. The summed E-state index contributed by atoms with van der Waals surface area (Å²) in [5.41, 5.74) is 2.84. The summed E-state index contributed by atoms with van der Waals surface area (Å²) in [7, 11) is 3.02. The minimum atomic E-state index is -0.611. The van der Waals surface area contributed by atoms with Crippen molar-refractivity contribution in [3.63, 3.8) is 0 Å². The second-order valence-electron chi connectivity index (χ2n) is 7.69. The minimum absolute atomic E-state index is 0.0466. The van der Waals surface area contributed by atoms with Gasteiger partial charge in [-0.2, -0.15) is 0 Å². The van der Waals surface area contributed by atoms with Crippen molar-refractivity contribution in [3.05, 3.63) is 110 Å². The second kappa shape index (κ2) is 9.67. The Balaban J connectivity index is 1.67. The molecule has 2 atom stereocenters. The quantitative estimate of drug-likeness (QED) is 0.380. The van der Waals surface area contributed by atoms with Gasteiger partial charge < -0.3 is 14.8 Å². The van der Waals surface area contributed by atoms with Crippen LogP contribution in [-0.4, -0.2) is 19.2 Å². The fraction of sp³-hybridized carbons (Fsp3) is 0.192. The van der Waals surface area contributed by atoms with Crippen LogP contribution in [0.4, 0.5) is 11.4 Å². The lowest BCUT2D eigenvalue weighted by Crippen LogP contribution is -2.34. The first-order valence-corrected chi connectivity index (χ1v) is 10.6. The molecule has 4 rings (SSSR count). The van der Waals surface area contributed by atoms with Gasteiger partial charge in [0.2, 0.25) is 0 Å². The third-order valence-corrected chi connectivity index (χ3v) is 5.63. The second-order valence-corrected chi connectivity index (χ2v) is 7.69. The zero-order chi connectivity index (χ0) is 23.4. The fourth-order valence-corrected chi connectivity index (χ4v) is 3.80. The lowest BCUT2D eigenvalue weighted by atomic mass is 9.96. The zero-order valence-corrected chi connectivity index (χ0v) is 18.7. The molecule has 1 aromatic heterocycles. The molecule has 7 heteroatoms. The summed E-state index contributed by atoms with van der Waals surface area (Å²) in [6.45, 7) is 2.10. The SMILES string of the molecule is COc1ccc(C(NC(C)c2ccncc2)c2cccc(Nc3c(OC)c(=O)c3=O)c2)cc1. The number of pyridine rings is 1. The predicted octanol–water partition coefficient (Wildman–Crippen LogP) is 3.88. The Morgan fingerprint density at radius 2 is 1.55 bits per heavy atom. The highest BCUT2D eigenvalue weighted by Crippen LogP contribution is 2.30. The van der Waals surface area contributed by atoms with Gasteiger partial charge in [0.1, 0.15) is 11.4 Å². The van der Waals surface area contributed by atoms with Gasteiger partial charge in [-0.05, 0) is 60.0 Å². The van der Waals surface area contributed by atoms with Crippen LogP contribution in [0.1, 0.15) is 35.7 Å². The number of ether oxygens (including phenoxy) is 2. The third-order valence-electron chi connectivity index (χ3n) is 5.63. The maximum Gasteiger partial charge on any atom is 0.272 e. The molecule has 0 aliphatic heterocycles. The average molecular weight is 444 g/mol. The van der Waals surface area contributed by atoms with E-state index in [0.717, 1.165) is 22.4 Å². The van der Waals surface area contributed by atoms with E-state index in [1.54, 1.807) is 19.5 Å². The molecule has 3 aromatic carbocycles. The number of hydrogen-bond acceptors (Lipinski definition) is 7. The smallest absolute Gasteiger partial charge is 0.272 e. The van der Waals surface area contributed by atoms with E-state index in [-0.39, 0.29) is 23.5 Å². The van der Waals surface area contributed by atoms with Crippen LogP contribution < -0.4 is 31.0 Å². The Labute approximate surface area is 191 Å². The molecular weight excluding hydrogens is 418 g/mol. The number of nitrogens with one attached hydrogen (secondary N) is 2. The maximum atomic E-state index is 12.0. The van der Waals surface area contributed by atoms with E-state index in [2.05, 4.69) is 22.5 Å². The molecule has 0 aliphatic rings. The van der Waals surface area contributed by atoms with E-state index in [9.17, 15) is 9.59 Å². The Morgan fingerprint density at radius 1 is 0.818 bits per heavy atom. The number of rotatable bonds is 9. The molecule has 2 unspecified atom stereocenters. The number of hydrogen-bond donors (Lipinski definition) is 2. The average Bonchev–Trinajstić information content (AvgIpc) is 2.87. The first-order chi connectivity index (χ1) is 16.0. The number of aromatic nitrogens is 1. The Bertz CT molecular complexity index is 1300. The fourth-order valence-electron chi connectivity index (χ4n) is 3.80. The molecule has 0 aliphatic carbocycles. The molecule has 0 saturated heterocycles. The highest BCUT2D eigenvalue weighted by Gasteiger charge is 2.23. The van der Waals surface area contributed by atoms with Gasteiger partial charge >= 0.3 is 0 Å². The van der Waals surface area contributed by atoms with E-state index >= 15 is 0 Å². The molecule has 0 amide bonds. The third kappa shape index (κ3) is 4.63. The van der Waals surface area contributed by atoms with Gasteiger partial charge in [-0.15, -0.1) is 0 Å².